The Morgan fingerprint density at radius 2 is 1.94 bits per heavy atom. The number of aryl methyl sites for hydroxylation is 1. The number of halogens is 6. The Labute approximate surface area is 109 Å². The molecule has 1 aromatic carbocycles. The fourth-order valence-electron chi connectivity index (χ4n) is 1.30. The third kappa shape index (κ3) is 4.63. The van der Waals surface area contributed by atoms with Crippen molar-refractivity contribution in [2.24, 2.45) is 0 Å². The van der Waals surface area contributed by atoms with Crippen LogP contribution in [0.25, 0.3) is 0 Å². The molecule has 1 aromatic rings. The van der Waals surface area contributed by atoms with E-state index in [1.54, 1.807) is 5.73 Å². The molecular formula is C12H8BrF5. The highest BCUT2D eigenvalue weighted by Gasteiger charge is 2.30. The molecule has 0 aliphatic rings. The second-order valence-electron chi connectivity index (χ2n) is 3.45. The van der Waals surface area contributed by atoms with E-state index in [9.17, 15) is 22.0 Å². The van der Waals surface area contributed by atoms with E-state index in [1.807, 2.05) is 0 Å². The zero-order chi connectivity index (χ0) is 13.8. The van der Waals surface area contributed by atoms with Crippen LogP contribution in [0.1, 0.15) is 17.5 Å². The van der Waals surface area contributed by atoms with E-state index in [4.69, 9.17) is 0 Å². The molecule has 0 amide bonds. The van der Waals surface area contributed by atoms with Gasteiger partial charge in [0.25, 0.3) is 0 Å². The highest BCUT2D eigenvalue weighted by atomic mass is 79.9. The van der Waals surface area contributed by atoms with Crippen LogP contribution in [0.5, 0.6) is 0 Å². The van der Waals surface area contributed by atoms with Crippen LogP contribution in [0.3, 0.4) is 0 Å². The zero-order valence-corrected chi connectivity index (χ0v) is 10.6. The molecule has 0 bridgehead atoms. The predicted octanol–water partition coefficient (Wildman–Crippen LogP) is 5.34. The molecule has 0 saturated carbocycles. The summed E-state index contributed by atoms with van der Waals surface area (Å²) in [5.41, 5.74) is 1.61. The van der Waals surface area contributed by atoms with Gasteiger partial charge in [-0.2, -0.15) is 22.0 Å². The lowest BCUT2D eigenvalue weighted by Gasteiger charge is -2.09. The van der Waals surface area contributed by atoms with Crippen molar-refractivity contribution in [2.75, 3.05) is 0 Å². The fourth-order valence-corrected chi connectivity index (χ4v) is 1.88. The number of allylic oxidation sites excluding steroid dienone is 1. The van der Waals surface area contributed by atoms with Crippen LogP contribution in [-0.2, 0) is 12.6 Å². The second-order valence-corrected chi connectivity index (χ2v) is 4.31. The van der Waals surface area contributed by atoms with E-state index in [0.29, 0.717) is 16.5 Å². The van der Waals surface area contributed by atoms with E-state index in [-0.39, 0.29) is 6.42 Å². The van der Waals surface area contributed by atoms with Gasteiger partial charge in [-0.25, -0.2) is 0 Å². The zero-order valence-electron chi connectivity index (χ0n) is 8.99. The van der Waals surface area contributed by atoms with Gasteiger partial charge in [-0.3, -0.25) is 0 Å². The molecule has 18 heavy (non-hydrogen) atoms. The second kappa shape index (κ2) is 6.16. The summed E-state index contributed by atoms with van der Waals surface area (Å²) in [5.74, 6) is 0. The Bertz CT molecular complexity index is 480. The molecule has 0 atom stereocenters. The molecule has 0 fully saturated rings. The number of hydrogen-bond acceptors (Lipinski definition) is 0. The molecule has 1 rings (SSSR count). The Morgan fingerprint density at radius 3 is 2.44 bits per heavy atom. The fraction of sp³-hybridized carbons (Fsp3) is 0.250. The number of rotatable bonds is 3. The molecule has 0 aliphatic carbocycles. The predicted molar refractivity (Wildman–Crippen MR) is 61.3 cm³/mol. The van der Waals surface area contributed by atoms with Crippen molar-refractivity contribution >= 4 is 15.9 Å². The molecule has 0 N–H and O–H groups in total. The van der Waals surface area contributed by atoms with Crippen LogP contribution in [-0.4, -0.2) is 0 Å². The summed E-state index contributed by atoms with van der Waals surface area (Å²) >= 11 is 3.03. The van der Waals surface area contributed by atoms with Crippen LogP contribution in [0.4, 0.5) is 22.0 Å². The van der Waals surface area contributed by atoms with Gasteiger partial charge in [-0.15, -0.1) is 0 Å². The van der Waals surface area contributed by atoms with Crippen molar-refractivity contribution in [1.29, 1.82) is 0 Å². The van der Waals surface area contributed by atoms with Crippen molar-refractivity contribution in [3.63, 3.8) is 0 Å². The van der Waals surface area contributed by atoms with Gasteiger partial charge in [-0.1, -0.05) is 27.7 Å². The Hall–Kier alpha value is -1.13. The summed E-state index contributed by atoms with van der Waals surface area (Å²) < 4.78 is 60.8. The van der Waals surface area contributed by atoms with Crippen LogP contribution >= 0.6 is 15.9 Å². The van der Waals surface area contributed by atoms with Gasteiger partial charge >= 0.3 is 12.3 Å². The Balaban J connectivity index is 2.78. The minimum Gasteiger partial charge on any atom is -0.166 e. The molecular weight excluding hydrogens is 319 g/mol. The van der Waals surface area contributed by atoms with Crippen molar-refractivity contribution in [3.8, 4) is 0 Å². The Kier molecular flexibility index (Phi) is 5.11. The van der Waals surface area contributed by atoms with Crippen LogP contribution < -0.4 is 0 Å². The molecule has 0 unspecified atom stereocenters. The van der Waals surface area contributed by atoms with Gasteiger partial charge in [0.2, 0.25) is 0 Å². The van der Waals surface area contributed by atoms with Crippen LogP contribution in [0.15, 0.2) is 40.6 Å². The molecule has 0 saturated heterocycles. The highest BCUT2D eigenvalue weighted by Crippen LogP contribution is 2.32. The standard InChI is InChI=1S/C12H8BrF5/c13-10-7-9(12(16,17)18)6-5-8(10)3-1-2-4-11(14)15/h2,5-7H,1,3H2. The van der Waals surface area contributed by atoms with Crippen LogP contribution in [0.2, 0.25) is 0 Å². The van der Waals surface area contributed by atoms with Crippen molar-refractivity contribution < 1.29 is 22.0 Å². The minimum absolute atomic E-state index is 0.279. The normalized spacial score (nSPS) is 11.0. The first-order valence-corrected chi connectivity index (χ1v) is 5.72. The summed E-state index contributed by atoms with van der Waals surface area (Å²) in [6, 6.07) is 3.27. The third-order valence-electron chi connectivity index (χ3n) is 2.15. The molecule has 0 heterocycles. The average molecular weight is 327 g/mol. The number of hydrogen-bond donors (Lipinski definition) is 0. The topological polar surface area (TPSA) is 0 Å². The quantitative estimate of drug-likeness (QED) is 0.519. The lowest BCUT2D eigenvalue weighted by atomic mass is 10.1. The Morgan fingerprint density at radius 1 is 1.28 bits per heavy atom. The summed E-state index contributed by atoms with van der Waals surface area (Å²) in [5, 5.41) is 0. The molecule has 0 spiro atoms. The van der Waals surface area contributed by atoms with Crippen molar-refractivity contribution in [2.45, 2.75) is 19.0 Å². The maximum Gasteiger partial charge on any atom is 0.416 e. The summed E-state index contributed by atoms with van der Waals surface area (Å²) in [6.07, 6.45) is -4.51. The van der Waals surface area contributed by atoms with E-state index >= 15 is 0 Å². The molecule has 6 heteroatoms. The maximum absolute atomic E-state index is 12.4. The van der Waals surface area contributed by atoms with Gasteiger partial charge in [0.15, 0.2) is 0 Å². The molecule has 0 aromatic heterocycles. The molecule has 98 valence electrons. The lowest BCUT2D eigenvalue weighted by molar-refractivity contribution is -0.137. The van der Waals surface area contributed by atoms with Gasteiger partial charge in [0.1, 0.15) is 0 Å². The SMILES string of the molecule is FC(F)=C=CCCc1ccc(C(F)(F)F)cc1Br. The monoisotopic (exact) mass is 326 g/mol. The van der Waals surface area contributed by atoms with E-state index in [1.165, 1.54) is 6.07 Å². The number of alkyl halides is 3. The minimum atomic E-state index is -4.39. The van der Waals surface area contributed by atoms with E-state index in [0.717, 1.165) is 18.2 Å². The summed E-state index contributed by atoms with van der Waals surface area (Å²) in [6.45, 7) is 0. The van der Waals surface area contributed by atoms with Crippen LogP contribution in [0, 0.1) is 0 Å². The first-order valence-electron chi connectivity index (χ1n) is 4.92. The first-order chi connectivity index (χ1) is 8.30. The van der Waals surface area contributed by atoms with Gasteiger partial charge in [-0.05, 0) is 36.6 Å². The average Bonchev–Trinajstić information content (AvgIpc) is 2.24. The van der Waals surface area contributed by atoms with E-state index < -0.39 is 17.8 Å². The van der Waals surface area contributed by atoms with Gasteiger partial charge in [0, 0.05) is 4.47 Å². The molecule has 0 nitrogen and oxygen atoms in total. The smallest absolute Gasteiger partial charge is 0.166 e. The lowest BCUT2D eigenvalue weighted by Crippen LogP contribution is -2.05. The third-order valence-corrected chi connectivity index (χ3v) is 2.89. The highest BCUT2D eigenvalue weighted by molar-refractivity contribution is 9.10. The van der Waals surface area contributed by atoms with E-state index in [2.05, 4.69) is 15.9 Å². The molecule has 0 radical (unpaired) electrons. The summed E-state index contributed by atoms with van der Waals surface area (Å²) in [4.78, 5) is 0. The van der Waals surface area contributed by atoms with Gasteiger partial charge in [0.05, 0.1) is 5.56 Å². The van der Waals surface area contributed by atoms with Crippen molar-refractivity contribution in [1.82, 2.24) is 0 Å². The summed E-state index contributed by atoms with van der Waals surface area (Å²) in [7, 11) is 0. The van der Waals surface area contributed by atoms with Gasteiger partial charge < -0.3 is 0 Å². The molecule has 0 aliphatic heterocycles. The maximum atomic E-state index is 12.4. The van der Waals surface area contributed by atoms with Crippen molar-refractivity contribution in [3.05, 3.63) is 51.7 Å². The first kappa shape index (κ1) is 14.9. The number of benzene rings is 1. The largest absolute Gasteiger partial charge is 0.416 e.